The van der Waals surface area contributed by atoms with Gasteiger partial charge in [-0.05, 0) is 29.5 Å². The fourth-order valence-corrected chi connectivity index (χ4v) is 2.09. The minimum absolute atomic E-state index is 1.05. The number of aryl methyl sites for hydroxylation is 1. The number of hydrogen-bond donors (Lipinski definition) is 0. The van der Waals surface area contributed by atoms with Gasteiger partial charge < -0.3 is 0 Å². The molecule has 0 radical (unpaired) electrons. The molecule has 0 N–H and O–H groups in total. The molecule has 0 atom stereocenters. The van der Waals surface area contributed by atoms with E-state index in [1.54, 1.807) is 6.33 Å². The number of hydrogen-bond acceptors (Lipinski definition) is 2. The van der Waals surface area contributed by atoms with E-state index in [-0.39, 0.29) is 0 Å². The number of benzene rings is 1. The molecule has 2 aromatic rings. The summed E-state index contributed by atoms with van der Waals surface area (Å²) in [7, 11) is 0. The van der Waals surface area contributed by atoms with Crippen LogP contribution in [0, 0.1) is 0 Å². The molecule has 82 valence electrons. The van der Waals surface area contributed by atoms with E-state index in [0.717, 1.165) is 18.4 Å². The van der Waals surface area contributed by atoms with Crippen molar-refractivity contribution in [2.45, 2.75) is 26.7 Å². The fraction of sp³-hybridized carbons (Fsp3) is 0.286. The monoisotopic (exact) mass is 212 g/mol. The molecule has 0 spiro atoms. The van der Waals surface area contributed by atoms with Gasteiger partial charge in [-0.3, -0.25) is 0 Å². The lowest BCUT2D eigenvalue weighted by Gasteiger charge is -2.11. The van der Waals surface area contributed by atoms with E-state index in [1.165, 1.54) is 16.7 Å². The zero-order valence-electron chi connectivity index (χ0n) is 9.77. The van der Waals surface area contributed by atoms with Crippen LogP contribution in [0.25, 0.3) is 11.1 Å². The molecule has 0 amide bonds. The molecule has 16 heavy (non-hydrogen) atoms. The quantitative estimate of drug-likeness (QED) is 0.780. The molecular formula is C14H16N2. The van der Waals surface area contributed by atoms with Crippen molar-refractivity contribution in [1.29, 1.82) is 0 Å². The summed E-state index contributed by atoms with van der Waals surface area (Å²) in [5, 5.41) is 0. The first kappa shape index (κ1) is 10.8. The first-order valence-corrected chi connectivity index (χ1v) is 5.73. The van der Waals surface area contributed by atoms with Crippen molar-refractivity contribution >= 4 is 0 Å². The fourth-order valence-electron chi connectivity index (χ4n) is 2.09. The lowest BCUT2D eigenvalue weighted by molar-refractivity contribution is 1.04. The van der Waals surface area contributed by atoms with E-state index in [2.05, 4.69) is 42.0 Å². The summed E-state index contributed by atoms with van der Waals surface area (Å²) in [5.41, 5.74) is 5.21. The lowest BCUT2D eigenvalue weighted by atomic mass is 9.94. The van der Waals surface area contributed by atoms with E-state index in [1.807, 2.05) is 12.4 Å². The van der Waals surface area contributed by atoms with Crippen LogP contribution in [0.3, 0.4) is 0 Å². The third-order valence-electron chi connectivity index (χ3n) is 2.88. The maximum atomic E-state index is 4.08. The summed E-state index contributed by atoms with van der Waals surface area (Å²) in [6.45, 7) is 4.39. The average molecular weight is 212 g/mol. The molecule has 0 fully saturated rings. The first-order chi connectivity index (χ1) is 7.86. The van der Waals surface area contributed by atoms with Crippen molar-refractivity contribution in [1.82, 2.24) is 9.97 Å². The molecule has 0 saturated heterocycles. The summed E-state index contributed by atoms with van der Waals surface area (Å²) < 4.78 is 0. The van der Waals surface area contributed by atoms with Crippen molar-refractivity contribution in [3.63, 3.8) is 0 Å². The second-order valence-electron chi connectivity index (χ2n) is 3.78. The predicted molar refractivity (Wildman–Crippen MR) is 66.2 cm³/mol. The maximum absolute atomic E-state index is 4.08. The molecular weight excluding hydrogens is 196 g/mol. The molecule has 2 rings (SSSR count). The molecule has 0 saturated carbocycles. The highest BCUT2D eigenvalue weighted by atomic mass is 14.8. The van der Waals surface area contributed by atoms with Crippen LogP contribution in [0.5, 0.6) is 0 Å². The van der Waals surface area contributed by atoms with Gasteiger partial charge in [0.05, 0.1) is 0 Å². The normalized spacial score (nSPS) is 10.4. The molecule has 0 aliphatic carbocycles. The van der Waals surface area contributed by atoms with Crippen molar-refractivity contribution < 1.29 is 0 Å². The SMILES string of the molecule is CCc1cccc(-c2cncnc2)c1CC. The Hall–Kier alpha value is -1.70. The van der Waals surface area contributed by atoms with E-state index in [4.69, 9.17) is 0 Å². The highest BCUT2D eigenvalue weighted by Gasteiger charge is 2.07. The van der Waals surface area contributed by atoms with Gasteiger partial charge in [-0.2, -0.15) is 0 Å². The van der Waals surface area contributed by atoms with Crippen LogP contribution in [-0.4, -0.2) is 9.97 Å². The minimum atomic E-state index is 1.05. The van der Waals surface area contributed by atoms with Gasteiger partial charge in [0.1, 0.15) is 6.33 Å². The van der Waals surface area contributed by atoms with Crippen molar-refractivity contribution in [2.75, 3.05) is 0 Å². The summed E-state index contributed by atoms with van der Waals surface area (Å²) >= 11 is 0. The standard InChI is InChI=1S/C14H16N2/c1-3-11-6-5-7-14(13(11)4-2)12-8-15-10-16-9-12/h5-10H,3-4H2,1-2H3. The number of rotatable bonds is 3. The van der Waals surface area contributed by atoms with Gasteiger partial charge in [-0.25, -0.2) is 9.97 Å². The van der Waals surface area contributed by atoms with Crippen molar-refractivity contribution in [3.05, 3.63) is 48.0 Å². The maximum Gasteiger partial charge on any atom is 0.115 e. The van der Waals surface area contributed by atoms with E-state index < -0.39 is 0 Å². The Morgan fingerprint density at radius 1 is 1.00 bits per heavy atom. The Morgan fingerprint density at radius 3 is 2.38 bits per heavy atom. The van der Waals surface area contributed by atoms with E-state index >= 15 is 0 Å². The molecule has 1 aromatic heterocycles. The van der Waals surface area contributed by atoms with Crippen LogP contribution >= 0.6 is 0 Å². The highest BCUT2D eigenvalue weighted by Crippen LogP contribution is 2.25. The summed E-state index contributed by atoms with van der Waals surface area (Å²) in [5.74, 6) is 0. The van der Waals surface area contributed by atoms with Crippen LogP contribution in [0.4, 0.5) is 0 Å². The Labute approximate surface area is 96.4 Å². The first-order valence-electron chi connectivity index (χ1n) is 5.73. The van der Waals surface area contributed by atoms with Gasteiger partial charge in [0, 0.05) is 18.0 Å². The summed E-state index contributed by atoms with van der Waals surface area (Å²) in [4.78, 5) is 8.16. The molecule has 1 aromatic carbocycles. The molecule has 0 bridgehead atoms. The largest absolute Gasteiger partial charge is 0.244 e. The Morgan fingerprint density at radius 2 is 1.75 bits per heavy atom. The minimum Gasteiger partial charge on any atom is -0.244 e. The van der Waals surface area contributed by atoms with Gasteiger partial charge in [0.2, 0.25) is 0 Å². The third-order valence-corrected chi connectivity index (χ3v) is 2.88. The molecule has 1 heterocycles. The van der Waals surface area contributed by atoms with Crippen molar-refractivity contribution in [2.24, 2.45) is 0 Å². The van der Waals surface area contributed by atoms with Gasteiger partial charge in [0.15, 0.2) is 0 Å². The molecule has 2 nitrogen and oxygen atoms in total. The van der Waals surface area contributed by atoms with Crippen LogP contribution in [0.2, 0.25) is 0 Å². The molecule has 0 unspecified atom stereocenters. The second kappa shape index (κ2) is 4.88. The zero-order chi connectivity index (χ0) is 11.4. The van der Waals surface area contributed by atoms with Gasteiger partial charge in [-0.1, -0.05) is 32.0 Å². The molecule has 0 aliphatic rings. The van der Waals surface area contributed by atoms with E-state index in [0.29, 0.717) is 0 Å². The summed E-state index contributed by atoms with van der Waals surface area (Å²) in [6, 6.07) is 6.46. The van der Waals surface area contributed by atoms with Gasteiger partial charge >= 0.3 is 0 Å². The summed E-state index contributed by atoms with van der Waals surface area (Å²) in [6.07, 6.45) is 7.44. The molecule has 2 heteroatoms. The smallest absolute Gasteiger partial charge is 0.115 e. The third kappa shape index (κ3) is 1.96. The highest BCUT2D eigenvalue weighted by molar-refractivity contribution is 5.67. The Balaban J connectivity index is 2.57. The van der Waals surface area contributed by atoms with Crippen LogP contribution in [0.15, 0.2) is 36.9 Å². The Bertz CT molecular complexity index is 463. The van der Waals surface area contributed by atoms with E-state index in [9.17, 15) is 0 Å². The number of nitrogens with zero attached hydrogens (tertiary/aromatic N) is 2. The van der Waals surface area contributed by atoms with Crippen LogP contribution in [-0.2, 0) is 12.8 Å². The Kier molecular flexibility index (Phi) is 3.30. The zero-order valence-corrected chi connectivity index (χ0v) is 9.77. The number of aromatic nitrogens is 2. The van der Waals surface area contributed by atoms with Gasteiger partial charge in [-0.15, -0.1) is 0 Å². The second-order valence-corrected chi connectivity index (χ2v) is 3.78. The van der Waals surface area contributed by atoms with Crippen LogP contribution in [0.1, 0.15) is 25.0 Å². The van der Waals surface area contributed by atoms with Crippen molar-refractivity contribution in [3.8, 4) is 11.1 Å². The average Bonchev–Trinajstić information content (AvgIpc) is 2.38. The van der Waals surface area contributed by atoms with Gasteiger partial charge in [0.25, 0.3) is 0 Å². The topological polar surface area (TPSA) is 25.8 Å². The predicted octanol–water partition coefficient (Wildman–Crippen LogP) is 3.27. The van der Waals surface area contributed by atoms with Crippen LogP contribution < -0.4 is 0 Å². The molecule has 0 aliphatic heterocycles. The lowest BCUT2D eigenvalue weighted by Crippen LogP contribution is -1.95.